The smallest absolute Gasteiger partial charge is 0.418 e. The van der Waals surface area contributed by atoms with E-state index >= 15 is 0 Å². The minimum atomic E-state index is -4.78. The fraction of sp³-hybridized carbons (Fsp3) is 0.263. The van der Waals surface area contributed by atoms with Gasteiger partial charge in [0.2, 0.25) is 5.54 Å². The number of rotatable bonds is 4. The van der Waals surface area contributed by atoms with Gasteiger partial charge < -0.3 is 9.72 Å². The number of hydrogen-bond donors (Lipinski definition) is 2. The maximum atomic E-state index is 14.5. The average molecular weight is 375 g/mol. The molecule has 5 nitrogen and oxygen atoms in total. The molecule has 1 atom stereocenters. The van der Waals surface area contributed by atoms with Gasteiger partial charge in [0.05, 0.1) is 31.1 Å². The second kappa shape index (κ2) is 6.59. The molecule has 140 valence electrons. The summed E-state index contributed by atoms with van der Waals surface area (Å²) in [5.74, 6) is -0.342. The maximum absolute atomic E-state index is 14.5. The van der Waals surface area contributed by atoms with Gasteiger partial charge in [0.15, 0.2) is 0 Å². The molecule has 0 saturated heterocycles. The fourth-order valence-corrected chi connectivity index (χ4v) is 3.27. The summed E-state index contributed by atoms with van der Waals surface area (Å²) < 4.78 is 56.6. The summed E-state index contributed by atoms with van der Waals surface area (Å²) in [7, 11) is 2.50. The Morgan fingerprint density at radius 2 is 2.07 bits per heavy atom. The summed E-state index contributed by atoms with van der Waals surface area (Å²) in [6, 6.07) is 8.95. The molecular weight excluding hydrogens is 357 g/mol. The van der Waals surface area contributed by atoms with Gasteiger partial charge in [0.25, 0.3) is 0 Å². The minimum absolute atomic E-state index is 0.0400. The van der Waals surface area contributed by atoms with E-state index < -0.39 is 17.5 Å². The number of nitrogens with zero attached hydrogens (tertiary/aromatic N) is 2. The lowest BCUT2D eigenvalue weighted by Crippen LogP contribution is -2.54. The normalized spacial score (nSPS) is 14.5. The third-order valence-corrected chi connectivity index (χ3v) is 4.52. The Hall–Kier alpha value is -3.05. The highest BCUT2D eigenvalue weighted by Gasteiger charge is 2.60. The molecule has 0 aliphatic rings. The predicted molar refractivity (Wildman–Crippen MR) is 94.4 cm³/mol. The number of fused-ring (bicyclic) bond motifs is 1. The number of benzene rings is 2. The highest BCUT2D eigenvalue weighted by atomic mass is 19.4. The van der Waals surface area contributed by atoms with Crippen molar-refractivity contribution < 1.29 is 19.3 Å². The molecule has 0 radical (unpaired) electrons. The van der Waals surface area contributed by atoms with Crippen molar-refractivity contribution in [2.45, 2.75) is 18.6 Å². The average Bonchev–Trinajstić information content (AvgIpc) is 3.04. The molecule has 0 saturated carbocycles. The zero-order valence-electron chi connectivity index (χ0n) is 15.8. The van der Waals surface area contributed by atoms with Crippen LogP contribution in [0.15, 0.2) is 36.4 Å². The number of aromatic nitrogens is 2. The van der Waals surface area contributed by atoms with Gasteiger partial charge in [-0.05, 0) is 43.8 Å². The first kappa shape index (κ1) is 17.4. The van der Waals surface area contributed by atoms with E-state index in [0.29, 0.717) is 5.56 Å². The van der Waals surface area contributed by atoms with Crippen LogP contribution in [-0.2, 0) is 5.54 Å². The van der Waals surface area contributed by atoms with Gasteiger partial charge in [-0.2, -0.15) is 18.4 Å². The first-order chi connectivity index (χ1) is 13.2. The van der Waals surface area contributed by atoms with Crippen LogP contribution in [0.3, 0.4) is 0 Å². The summed E-state index contributed by atoms with van der Waals surface area (Å²) in [4.78, 5) is 6.82. The number of nitrogens with one attached hydrogen (secondary N) is 2. The molecule has 1 heterocycles. The van der Waals surface area contributed by atoms with Crippen molar-refractivity contribution in [2.75, 3.05) is 14.2 Å². The highest BCUT2D eigenvalue weighted by Crippen LogP contribution is 2.47. The predicted octanol–water partition coefficient (Wildman–Crippen LogP) is 3.78. The van der Waals surface area contributed by atoms with Gasteiger partial charge in [-0.3, -0.25) is 5.32 Å². The SMILES string of the molecule is [2H]c1cc2nc(C(NC)(c3c(C)cccc3OC)C(F)(F)F)[nH]c2cc1C#N. The molecule has 27 heavy (non-hydrogen) atoms. The van der Waals surface area contributed by atoms with Crippen LogP contribution < -0.4 is 10.1 Å². The van der Waals surface area contributed by atoms with E-state index in [1.54, 1.807) is 19.1 Å². The Bertz CT molecular complexity index is 1090. The molecule has 8 heteroatoms. The summed E-state index contributed by atoms with van der Waals surface area (Å²) >= 11 is 0. The molecule has 0 fully saturated rings. The van der Waals surface area contributed by atoms with Crippen LogP contribution in [0.2, 0.25) is 0 Å². The number of halogens is 3. The lowest BCUT2D eigenvalue weighted by Gasteiger charge is -2.36. The van der Waals surface area contributed by atoms with E-state index in [-0.39, 0.29) is 34.0 Å². The lowest BCUT2D eigenvalue weighted by atomic mass is 9.84. The molecule has 2 N–H and O–H groups in total. The summed E-state index contributed by atoms with van der Waals surface area (Å²) in [6.07, 6.45) is -4.78. The van der Waals surface area contributed by atoms with E-state index in [1.165, 1.54) is 32.4 Å². The Balaban J connectivity index is 2.41. The number of nitriles is 1. The van der Waals surface area contributed by atoms with Gasteiger partial charge >= 0.3 is 6.18 Å². The monoisotopic (exact) mass is 375 g/mol. The number of methoxy groups -OCH3 is 1. The van der Waals surface area contributed by atoms with Crippen molar-refractivity contribution in [1.29, 1.82) is 5.26 Å². The summed E-state index contributed by atoms with van der Waals surface area (Å²) in [5.41, 5.74) is -1.99. The van der Waals surface area contributed by atoms with Crippen LogP contribution in [0.5, 0.6) is 5.75 Å². The number of imidazole rings is 1. The van der Waals surface area contributed by atoms with Gasteiger partial charge in [0.1, 0.15) is 11.6 Å². The van der Waals surface area contributed by atoms with E-state index in [2.05, 4.69) is 15.3 Å². The number of H-pyrrole nitrogens is 1. The molecule has 3 rings (SSSR count). The minimum Gasteiger partial charge on any atom is -0.496 e. The Labute approximate surface area is 155 Å². The van der Waals surface area contributed by atoms with Crippen LogP contribution in [0, 0.1) is 18.3 Å². The van der Waals surface area contributed by atoms with Crippen molar-refractivity contribution in [3.05, 3.63) is 58.9 Å². The largest absolute Gasteiger partial charge is 0.496 e. The number of aryl methyl sites for hydroxylation is 1. The lowest BCUT2D eigenvalue weighted by molar-refractivity contribution is -0.188. The van der Waals surface area contributed by atoms with Crippen molar-refractivity contribution in [3.63, 3.8) is 0 Å². The highest BCUT2D eigenvalue weighted by molar-refractivity contribution is 5.77. The summed E-state index contributed by atoms with van der Waals surface area (Å²) in [6.45, 7) is 1.56. The van der Waals surface area contributed by atoms with Crippen molar-refractivity contribution >= 4 is 11.0 Å². The van der Waals surface area contributed by atoms with Crippen molar-refractivity contribution in [3.8, 4) is 11.8 Å². The van der Waals surface area contributed by atoms with E-state index in [9.17, 15) is 13.2 Å². The maximum Gasteiger partial charge on any atom is 0.418 e. The van der Waals surface area contributed by atoms with E-state index in [1.807, 2.05) is 6.07 Å². The molecule has 0 aliphatic heterocycles. The van der Waals surface area contributed by atoms with E-state index in [4.69, 9.17) is 11.4 Å². The van der Waals surface area contributed by atoms with Gasteiger partial charge in [-0.25, -0.2) is 4.98 Å². The fourth-order valence-electron chi connectivity index (χ4n) is 3.27. The number of ether oxygens (including phenoxy) is 1. The molecule has 1 unspecified atom stereocenters. The van der Waals surface area contributed by atoms with Crippen LogP contribution >= 0.6 is 0 Å². The molecule has 0 aliphatic carbocycles. The number of alkyl halides is 3. The Morgan fingerprint density at radius 3 is 2.67 bits per heavy atom. The van der Waals surface area contributed by atoms with Crippen LogP contribution in [0.4, 0.5) is 13.2 Å². The van der Waals surface area contributed by atoms with Gasteiger partial charge in [0, 0.05) is 5.56 Å². The molecule has 2 aromatic carbocycles. The Morgan fingerprint density at radius 1 is 1.33 bits per heavy atom. The van der Waals surface area contributed by atoms with Crippen molar-refractivity contribution in [2.24, 2.45) is 0 Å². The van der Waals surface area contributed by atoms with Crippen LogP contribution in [0.1, 0.15) is 23.9 Å². The zero-order valence-corrected chi connectivity index (χ0v) is 14.8. The topological polar surface area (TPSA) is 73.7 Å². The summed E-state index contributed by atoms with van der Waals surface area (Å²) in [5, 5.41) is 11.5. The van der Waals surface area contributed by atoms with Crippen LogP contribution in [-0.4, -0.2) is 30.3 Å². The molecule has 0 amide bonds. The van der Waals surface area contributed by atoms with Gasteiger partial charge in [-0.1, -0.05) is 12.1 Å². The molecular formula is C19H17F3N4O. The third kappa shape index (κ3) is 2.80. The number of hydrogen-bond acceptors (Lipinski definition) is 4. The molecule has 1 aromatic heterocycles. The van der Waals surface area contributed by atoms with Gasteiger partial charge in [-0.15, -0.1) is 0 Å². The first-order valence-corrected chi connectivity index (χ1v) is 8.00. The Kier molecular flexibility index (Phi) is 4.24. The molecule has 3 aromatic rings. The number of aromatic amines is 1. The quantitative estimate of drug-likeness (QED) is 0.728. The van der Waals surface area contributed by atoms with E-state index in [0.717, 1.165) is 0 Å². The molecule has 0 bridgehead atoms. The second-order valence-corrected chi connectivity index (χ2v) is 5.99. The third-order valence-electron chi connectivity index (χ3n) is 4.52. The molecule has 0 spiro atoms. The van der Waals surface area contributed by atoms with Crippen LogP contribution in [0.25, 0.3) is 11.0 Å². The first-order valence-electron chi connectivity index (χ1n) is 8.50. The standard InChI is InChI=1S/C19H17F3N4O/c1-11-5-4-6-15(27-3)16(11)18(24-2,19(20,21)22)17-25-13-8-7-12(10-23)9-14(13)26-17/h4-9,24H,1-3H3,(H,25,26)/i7D. The zero-order chi connectivity index (χ0) is 20.7. The second-order valence-electron chi connectivity index (χ2n) is 5.99. The van der Waals surface area contributed by atoms with Crippen molar-refractivity contribution in [1.82, 2.24) is 15.3 Å².